The molecule has 1 saturated heterocycles. The number of benzene rings is 1. The van der Waals surface area contributed by atoms with Gasteiger partial charge in [-0.1, -0.05) is 18.2 Å². The zero-order chi connectivity index (χ0) is 18.8. The molecule has 0 radical (unpaired) electrons. The lowest BCUT2D eigenvalue weighted by Gasteiger charge is -2.38. The van der Waals surface area contributed by atoms with Gasteiger partial charge in [0.2, 0.25) is 5.95 Å². The van der Waals surface area contributed by atoms with Gasteiger partial charge in [-0.2, -0.15) is 0 Å². The molecule has 8 heteroatoms. The Kier molecular flexibility index (Phi) is 5.02. The van der Waals surface area contributed by atoms with E-state index >= 15 is 0 Å². The zero-order valence-corrected chi connectivity index (χ0v) is 15.6. The van der Waals surface area contributed by atoms with Crippen molar-refractivity contribution in [1.82, 2.24) is 14.9 Å². The van der Waals surface area contributed by atoms with Crippen LogP contribution >= 0.6 is 11.3 Å². The number of amides is 1. The first-order chi connectivity index (χ1) is 13.2. The molecule has 1 amide bonds. The third-order valence-corrected chi connectivity index (χ3v) is 6.12. The number of thiophene rings is 1. The SMILES string of the molecule is NC(=O)c1cnc(N2CCN(C(CO)c3cc4ccccc4s3)CC2)nc1. The molecule has 0 saturated carbocycles. The number of primary amides is 1. The standard InChI is InChI=1S/C19H21N5O2S/c20-18(26)14-10-21-19(22-11-14)24-7-5-23(6-8-24)15(12-25)17-9-13-3-1-2-4-16(13)27-17/h1-4,9-11,15,25H,5-8,12H2,(H2,20,26). The van der Waals surface area contributed by atoms with Crippen LogP contribution in [0.25, 0.3) is 10.1 Å². The fourth-order valence-electron chi connectivity index (χ4n) is 3.40. The molecule has 4 rings (SSSR count). The molecule has 1 fully saturated rings. The highest BCUT2D eigenvalue weighted by Gasteiger charge is 2.26. The van der Waals surface area contributed by atoms with Crippen LogP contribution in [0.2, 0.25) is 0 Å². The number of aliphatic hydroxyl groups excluding tert-OH is 1. The monoisotopic (exact) mass is 383 g/mol. The molecule has 0 bridgehead atoms. The van der Waals surface area contributed by atoms with Crippen molar-refractivity contribution in [2.75, 3.05) is 37.7 Å². The van der Waals surface area contributed by atoms with Crippen molar-refractivity contribution in [3.63, 3.8) is 0 Å². The Bertz CT molecular complexity index is 902. The molecule has 0 spiro atoms. The van der Waals surface area contributed by atoms with Crippen molar-refractivity contribution >= 4 is 33.3 Å². The predicted octanol–water partition coefficient (Wildman–Crippen LogP) is 1.65. The predicted molar refractivity (Wildman–Crippen MR) is 106 cm³/mol. The molecule has 1 unspecified atom stereocenters. The molecule has 1 aliphatic rings. The lowest BCUT2D eigenvalue weighted by molar-refractivity contribution is 0.0999. The fourth-order valence-corrected chi connectivity index (χ4v) is 4.59. The number of anilines is 1. The fraction of sp³-hybridized carbons (Fsp3) is 0.316. The lowest BCUT2D eigenvalue weighted by atomic mass is 10.1. The van der Waals surface area contributed by atoms with Crippen molar-refractivity contribution in [3.8, 4) is 0 Å². The summed E-state index contributed by atoms with van der Waals surface area (Å²) in [6.07, 6.45) is 2.93. The summed E-state index contributed by atoms with van der Waals surface area (Å²) in [6, 6.07) is 10.5. The normalized spacial score (nSPS) is 16.6. The average Bonchev–Trinajstić information content (AvgIpc) is 3.13. The largest absolute Gasteiger partial charge is 0.394 e. The van der Waals surface area contributed by atoms with Gasteiger partial charge in [0.1, 0.15) is 0 Å². The average molecular weight is 383 g/mol. The number of piperazine rings is 1. The third-order valence-electron chi connectivity index (χ3n) is 4.91. The Balaban J connectivity index is 1.44. The van der Waals surface area contributed by atoms with Crippen LogP contribution in [0.1, 0.15) is 21.3 Å². The minimum Gasteiger partial charge on any atom is -0.394 e. The van der Waals surface area contributed by atoms with Crippen LogP contribution in [0.5, 0.6) is 0 Å². The number of nitrogens with zero attached hydrogens (tertiary/aromatic N) is 4. The van der Waals surface area contributed by atoms with Gasteiger partial charge >= 0.3 is 0 Å². The quantitative estimate of drug-likeness (QED) is 0.696. The van der Waals surface area contributed by atoms with E-state index in [4.69, 9.17) is 5.73 Å². The van der Waals surface area contributed by atoms with Crippen LogP contribution in [0.15, 0.2) is 42.7 Å². The number of rotatable bonds is 5. The number of hydrogen-bond acceptors (Lipinski definition) is 7. The van der Waals surface area contributed by atoms with Gasteiger partial charge < -0.3 is 15.7 Å². The molecular formula is C19H21N5O2S. The van der Waals surface area contributed by atoms with E-state index in [2.05, 4.69) is 38.0 Å². The molecule has 1 aliphatic heterocycles. The molecule has 1 aromatic carbocycles. The van der Waals surface area contributed by atoms with Gasteiger partial charge in [-0.3, -0.25) is 9.69 Å². The maximum atomic E-state index is 11.1. The summed E-state index contributed by atoms with van der Waals surface area (Å²) in [5, 5.41) is 11.2. The third kappa shape index (κ3) is 3.64. The second-order valence-corrected chi connectivity index (χ2v) is 7.66. The summed E-state index contributed by atoms with van der Waals surface area (Å²) in [5.74, 6) is 0.0718. The van der Waals surface area contributed by atoms with E-state index in [0.29, 0.717) is 11.5 Å². The van der Waals surface area contributed by atoms with E-state index in [1.165, 1.54) is 27.4 Å². The van der Waals surface area contributed by atoms with Crippen molar-refractivity contribution < 1.29 is 9.90 Å². The number of carbonyl (C=O) groups is 1. The van der Waals surface area contributed by atoms with E-state index in [-0.39, 0.29) is 12.6 Å². The second-order valence-electron chi connectivity index (χ2n) is 6.54. The highest BCUT2D eigenvalue weighted by molar-refractivity contribution is 7.19. The van der Waals surface area contributed by atoms with Crippen LogP contribution in [-0.2, 0) is 0 Å². The molecule has 3 aromatic rings. The number of carbonyl (C=O) groups excluding carboxylic acids is 1. The van der Waals surface area contributed by atoms with Crippen molar-refractivity contribution in [3.05, 3.63) is 53.2 Å². The summed E-state index contributed by atoms with van der Waals surface area (Å²) in [5.41, 5.74) is 5.54. The summed E-state index contributed by atoms with van der Waals surface area (Å²) >= 11 is 1.74. The summed E-state index contributed by atoms with van der Waals surface area (Å²) in [4.78, 5) is 25.2. The van der Waals surface area contributed by atoms with Crippen LogP contribution in [-0.4, -0.2) is 58.7 Å². The van der Waals surface area contributed by atoms with Gasteiger partial charge in [-0.05, 0) is 17.5 Å². The molecule has 3 heterocycles. The molecule has 7 nitrogen and oxygen atoms in total. The minimum atomic E-state index is -0.527. The first-order valence-corrected chi connectivity index (χ1v) is 9.67. The minimum absolute atomic E-state index is 0.00251. The second kappa shape index (κ2) is 7.59. The van der Waals surface area contributed by atoms with Crippen LogP contribution in [0.4, 0.5) is 5.95 Å². The van der Waals surface area contributed by atoms with E-state index in [9.17, 15) is 9.90 Å². The van der Waals surface area contributed by atoms with Crippen molar-refractivity contribution in [1.29, 1.82) is 0 Å². The highest BCUT2D eigenvalue weighted by atomic mass is 32.1. The lowest BCUT2D eigenvalue weighted by Crippen LogP contribution is -2.48. The Labute approximate surface area is 161 Å². The van der Waals surface area contributed by atoms with Crippen LogP contribution in [0, 0.1) is 0 Å². The maximum absolute atomic E-state index is 11.1. The summed E-state index contributed by atoms with van der Waals surface area (Å²) in [7, 11) is 0. The molecule has 0 aliphatic carbocycles. The smallest absolute Gasteiger partial charge is 0.251 e. The number of fused-ring (bicyclic) bond motifs is 1. The van der Waals surface area contributed by atoms with Crippen LogP contribution < -0.4 is 10.6 Å². The molecular weight excluding hydrogens is 362 g/mol. The van der Waals surface area contributed by atoms with E-state index in [0.717, 1.165) is 26.2 Å². The topological polar surface area (TPSA) is 95.6 Å². The number of nitrogens with two attached hydrogens (primary N) is 1. The number of aliphatic hydroxyl groups is 1. The first kappa shape index (κ1) is 17.8. The molecule has 2 aromatic heterocycles. The summed E-state index contributed by atoms with van der Waals surface area (Å²) in [6.45, 7) is 3.23. The van der Waals surface area contributed by atoms with Gasteiger partial charge in [0.25, 0.3) is 5.91 Å². The Hall–Kier alpha value is -2.55. The summed E-state index contributed by atoms with van der Waals surface area (Å²) < 4.78 is 1.24. The van der Waals surface area contributed by atoms with Gasteiger partial charge in [0, 0.05) is 48.1 Å². The molecule has 140 valence electrons. The van der Waals surface area contributed by atoms with Gasteiger partial charge in [0.15, 0.2) is 0 Å². The molecule has 3 N–H and O–H groups in total. The van der Waals surface area contributed by atoms with Gasteiger partial charge in [-0.25, -0.2) is 9.97 Å². The highest BCUT2D eigenvalue weighted by Crippen LogP contribution is 2.33. The Morgan fingerprint density at radius 1 is 1.19 bits per heavy atom. The van der Waals surface area contributed by atoms with Gasteiger partial charge in [-0.15, -0.1) is 11.3 Å². The maximum Gasteiger partial charge on any atom is 0.251 e. The van der Waals surface area contributed by atoms with E-state index < -0.39 is 5.91 Å². The molecule has 1 atom stereocenters. The van der Waals surface area contributed by atoms with Crippen molar-refractivity contribution in [2.45, 2.75) is 6.04 Å². The first-order valence-electron chi connectivity index (χ1n) is 8.86. The molecule has 27 heavy (non-hydrogen) atoms. The Morgan fingerprint density at radius 3 is 2.52 bits per heavy atom. The number of hydrogen-bond donors (Lipinski definition) is 2. The van der Waals surface area contributed by atoms with E-state index in [1.807, 2.05) is 12.1 Å². The van der Waals surface area contributed by atoms with Crippen LogP contribution in [0.3, 0.4) is 0 Å². The number of aromatic nitrogens is 2. The van der Waals surface area contributed by atoms with Gasteiger partial charge in [0.05, 0.1) is 18.2 Å². The zero-order valence-electron chi connectivity index (χ0n) is 14.8. The Morgan fingerprint density at radius 2 is 1.89 bits per heavy atom. The van der Waals surface area contributed by atoms with E-state index in [1.54, 1.807) is 11.3 Å². The van der Waals surface area contributed by atoms with Crippen molar-refractivity contribution in [2.24, 2.45) is 5.73 Å².